The molecule has 1 saturated carbocycles. The van der Waals surface area contributed by atoms with Crippen molar-refractivity contribution in [3.63, 3.8) is 0 Å². The Bertz CT molecular complexity index is 656. The molecule has 0 bridgehead atoms. The van der Waals surface area contributed by atoms with Gasteiger partial charge >= 0.3 is 12.4 Å². The number of amidine groups is 1. The highest BCUT2D eigenvalue weighted by Crippen LogP contribution is 2.39. The van der Waals surface area contributed by atoms with Crippen LogP contribution in [0.25, 0.3) is 0 Å². The number of benzene rings is 1. The largest absolute Gasteiger partial charge is 0.408 e. The summed E-state index contributed by atoms with van der Waals surface area (Å²) in [7, 11) is 0. The monoisotopic (exact) mass is 424 g/mol. The van der Waals surface area contributed by atoms with Gasteiger partial charge in [-0.1, -0.05) is 23.2 Å². The maximum atomic E-state index is 12.4. The lowest BCUT2D eigenvalue weighted by molar-refractivity contribution is -0.118. The molecule has 1 N–H and O–H groups in total. The van der Waals surface area contributed by atoms with Crippen molar-refractivity contribution in [2.45, 2.75) is 30.1 Å². The van der Waals surface area contributed by atoms with Gasteiger partial charge in [-0.2, -0.15) is 26.3 Å². The number of rotatable bonds is 5. The van der Waals surface area contributed by atoms with Crippen LogP contribution < -0.4 is 5.32 Å². The van der Waals surface area contributed by atoms with E-state index in [0.717, 1.165) is 0 Å². The van der Waals surface area contributed by atoms with Gasteiger partial charge in [0, 0.05) is 10.8 Å². The standard InChI is InChI=1S/C14H12Cl2F6N2S/c15-8-3-9(16)11(25-6-14(20,21)22)4-10(8)24-12(7-1-2-7)23-5-13(17,18)19/h3-4,7H,1-2,5-6H2,(H,23,24). The van der Waals surface area contributed by atoms with Gasteiger partial charge in [-0.05, 0) is 25.0 Å². The molecule has 1 fully saturated rings. The van der Waals surface area contributed by atoms with Crippen LogP contribution in [0.1, 0.15) is 12.8 Å². The summed E-state index contributed by atoms with van der Waals surface area (Å²) in [5.41, 5.74) is 0.170. The lowest BCUT2D eigenvalue weighted by Gasteiger charge is -2.15. The zero-order valence-corrected chi connectivity index (χ0v) is 14.8. The maximum Gasteiger partial charge on any atom is 0.408 e. The van der Waals surface area contributed by atoms with E-state index in [2.05, 4.69) is 10.3 Å². The molecule has 0 spiro atoms. The van der Waals surface area contributed by atoms with Crippen molar-refractivity contribution in [1.82, 2.24) is 0 Å². The molecule has 1 aliphatic carbocycles. The van der Waals surface area contributed by atoms with Gasteiger partial charge in [0.05, 0.1) is 21.5 Å². The van der Waals surface area contributed by atoms with Crippen LogP contribution in [0.3, 0.4) is 0 Å². The molecular weight excluding hydrogens is 413 g/mol. The van der Waals surface area contributed by atoms with Crippen LogP contribution in [0.4, 0.5) is 32.0 Å². The van der Waals surface area contributed by atoms with E-state index in [0.29, 0.717) is 24.6 Å². The summed E-state index contributed by atoms with van der Waals surface area (Å²) in [5, 5.41) is 2.83. The normalized spacial score (nSPS) is 16.2. The molecular formula is C14H12Cl2F6N2S. The van der Waals surface area contributed by atoms with Gasteiger partial charge in [-0.15, -0.1) is 11.8 Å². The number of anilines is 1. The molecule has 25 heavy (non-hydrogen) atoms. The number of halogens is 8. The Hall–Kier alpha value is -0.800. The molecule has 0 heterocycles. The topological polar surface area (TPSA) is 24.4 Å². The Kier molecular flexibility index (Phi) is 6.43. The average molecular weight is 425 g/mol. The number of aliphatic imine (C=N–C) groups is 1. The fourth-order valence-electron chi connectivity index (χ4n) is 1.84. The summed E-state index contributed by atoms with van der Waals surface area (Å²) in [4.78, 5) is 3.65. The van der Waals surface area contributed by atoms with Crippen molar-refractivity contribution >= 4 is 46.5 Å². The van der Waals surface area contributed by atoms with Crippen molar-refractivity contribution in [2.24, 2.45) is 10.9 Å². The van der Waals surface area contributed by atoms with Crippen LogP contribution in [-0.4, -0.2) is 30.5 Å². The second kappa shape index (κ2) is 7.84. The molecule has 2 nitrogen and oxygen atoms in total. The van der Waals surface area contributed by atoms with Crippen molar-refractivity contribution in [3.05, 3.63) is 22.2 Å². The fourth-order valence-corrected chi connectivity index (χ4v) is 3.15. The van der Waals surface area contributed by atoms with Crippen molar-refractivity contribution < 1.29 is 26.3 Å². The zero-order valence-electron chi connectivity index (χ0n) is 12.4. The fraction of sp³-hybridized carbons (Fsp3) is 0.500. The van der Waals surface area contributed by atoms with E-state index in [1.54, 1.807) is 0 Å². The molecule has 0 amide bonds. The first kappa shape index (κ1) is 20.5. The summed E-state index contributed by atoms with van der Waals surface area (Å²) in [5.74, 6) is -1.17. The smallest absolute Gasteiger partial charge is 0.343 e. The van der Waals surface area contributed by atoms with Gasteiger partial charge in [0.15, 0.2) is 0 Å². The molecule has 140 valence electrons. The number of alkyl halides is 6. The number of nitrogens with zero attached hydrogens (tertiary/aromatic N) is 1. The quantitative estimate of drug-likeness (QED) is 0.255. The first-order valence-electron chi connectivity index (χ1n) is 7.01. The van der Waals surface area contributed by atoms with Crippen LogP contribution in [0.2, 0.25) is 10.0 Å². The molecule has 1 aromatic carbocycles. The van der Waals surface area contributed by atoms with Crippen molar-refractivity contribution in [3.8, 4) is 0 Å². The molecule has 0 unspecified atom stereocenters. The van der Waals surface area contributed by atoms with E-state index >= 15 is 0 Å². The van der Waals surface area contributed by atoms with Crippen LogP contribution in [0.15, 0.2) is 22.0 Å². The van der Waals surface area contributed by atoms with Crippen LogP contribution >= 0.6 is 35.0 Å². The Balaban J connectivity index is 2.19. The SMILES string of the molecule is FC(F)(F)CN=C(Nc1cc(SCC(F)(F)F)c(Cl)cc1Cl)C1CC1. The van der Waals surface area contributed by atoms with Gasteiger partial charge in [-0.3, -0.25) is 4.99 Å². The van der Waals surface area contributed by atoms with E-state index in [9.17, 15) is 26.3 Å². The van der Waals surface area contributed by atoms with Crippen molar-refractivity contribution in [1.29, 1.82) is 0 Å². The van der Waals surface area contributed by atoms with E-state index in [-0.39, 0.29) is 32.4 Å². The number of hydrogen-bond donors (Lipinski definition) is 1. The lowest BCUT2D eigenvalue weighted by atomic mass is 10.3. The second-order valence-electron chi connectivity index (χ2n) is 5.38. The molecule has 1 aliphatic rings. The highest BCUT2D eigenvalue weighted by molar-refractivity contribution is 7.99. The van der Waals surface area contributed by atoms with Crippen LogP contribution in [0, 0.1) is 5.92 Å². The molecule has 2 rings (SSSR count). The average Bonchev–Trinajstić information content (AvgIpc) is 3.26. The van der Waals surface area contributed by atoms with E-state index in [4.69, 9.17) is 23.2 Å². The van der Waals surface area contributed by atoms with E-state index in [1.807, 2.05) is 0 Å². The van der Waals surface area contributed by atoms with E-state index < -0.39 is 24.7 Å². The van der Waals surface area contributed by atoms with Crippen LogP contribution in [0.5, 0.6) is 0 Å². The first-order chi connectivity index (χ1) is 11.4. The van der Waals surface area contributed by atoms with Crippen molar-refractivity contribution in [2.75, 3.05) is 17.6 Å². The van der Waals surface area contributed by atoms with Gasteiger partial charge in [0.25, 0.3) is 0 Å². The first-order valence-corrected chi connectivity index (χ1v) is 8.75. The summed E-state index contributed by atoms with van der Waals surface area (Å²) < 4.78 is 74.2. The highest BCUT2D eigenvalue weighted by atomic mass is 35.5. The number of nitrogens with one attached hydrogen (secondary N) is 1. The minimum atomic E-state index is -4.45. The summed E-state index contributed by atoms with van der Waals surface area (Å²) in [6.45, 7) is -1.34. The minimum absolute atomic E-state index is 0.0324. The molecule has 0 atom stereocenters. The van der Waals surface area contributed by atoms with E-state index in [1.165, 1.54) is 12.1 Å². The Morgan fingerprint density at radius 3 is 2.24 bits per heavy atom. The third-order valence-electron chi connectivity index (χ3n) is 3.07. The minimum Gasteiger partial charge on any atom is -0.343 e. The maximum absolute atomic E-state index is 12.4. The predicted octanol–water partition coefficient (Wildman–Crippen LogP) is 6.43. The third-order valence-corrected chi connectivity index (χ3v) is 4.93. The summed E-state index contributed by atoms with van der Waals surface area (Å²) in [6.07, 6.45) is -7.46. The molecule has 1 aromatic rings. The summed E-state index contributed by atoms with van der Waals surface area (Å²) in [6, 6.07) is 2.53. The lowest BCUT2D eigenvalue weighted by Crippen LogP contribution is -2.20. The Morgan fingerprint density at radius 1 is 1.08 bits per heavy atom. The van der Waals surface area contributed by atoms with Gasteiger partial charge in [-0.25, -0.2) is 0 Å². The molecule has 0 saturated heterocycles. The van der Waals surface area contributed by atoms with Gasteiger partial charge < -0.3 is 5.32 Å². The Morgan fingerprint density at radius 2 is 1.72 bits per heavy atom. The Labute approximate surface area is 154 Å². The second-order valence-corrected chi connectivity index (χ2v) is 7.21. The van der Waals surface area contributed by atoms with Gasteiger partial charge in [0.2, 0.25) is 0 Å². The molecule has 0 aliphatic heterocycles. The molecule has 0 aromatic heterocycles. The van der Waals surface area contributed by atoms with Crippen LogP contribution in [-0.2, 0) is 0 Å². The third kappa shape index (κ3) is 7.15. The highest BCUT2D eigenvalue weighted by Gasteiger charge is 2.32. The predicted molar refractivity (Wildman–Crippen MR) is 87.9 cm³/mol. The number of thioether (sulfide) groups is 1. The zero-order chi connectivity index (χ0) is 18.8. The summed E-state index contributed by atoms with van der Waals surface area (Å²) >= 11 is 12.3. The van der Waals surface area contributed by atoms with Gasteiger partial charge in [0.1, 0.15) is 12.4 Å². The molecule has 0 radical (unpaired) electrons. The molecule has 11 heteroatoms. The number of hydrogen-bond acceptors (Lipinski definition) is 2.